The van der Waals surface area contributed by atoms with E-state index in [4.69, 9.17) is 9.47 Å². The van der Waals surface area contributed by atoms with E-state index in [2.05, 4.69) is 0 Å². The minimum Gasteiger partial charge on any atom is -0.443 e. The second-order valence-corrected chi connectivity index (χ2v) is 10.4. The lowest BCUT2D eigenvalue weighted by Crippen LogP contribution is -2.40. The molecule has 0 unspecified atom stereocenters. The van der Waals surface area contributed by atoms with Gasteiger partial charge in [0.05, 0.1) is 12.6 Å². The number of nitrogens with zero attached hydrogens (tertiary/aromatic N) is 1. The Morgan fingerprint density at radius 1 is 1.38 bits per heavy atom. The van der Waals surface area contributed by atoms with Gasteiger partial charge >= 0.3 is 6.09 Å². The summed E-state index contributed by atoms with van der Waals surface area (Å²) in [5.41, 5.74) is -0.916. The quantitative estimate of drug-likeness (QED) is 0.746. The summed E-state index contributed by atoms with van der Waals surface area (Å²) in [7, 11) is -3.83. The van der Waals surface area contributed by atoms with Gasteiger partial charge in [0.25, 0.3) is 0 Å². The standard InChI is InChI=1S/C18H22FNO5S/c1-17(2,3)25-16(21)20-10-18-9-13(11-5-4-6-12(19)7-11)14(24-18)8-15(18)26(20,22)23/h4-7,13-15H,8-10H2,1-3H3/t13-,14-,15+,18+/m1/s1. The minimum atomic E-state index is -3.83. The van der Waals surface area contributed by atoms with Crippen LogP contribution in [0.15, 0.2) is 24.3 Å². The number of carbonyl (C=O) groups excluding carboxylic acids is 1. The SMILES string of the molecule is CC(C)(C)OC(=O)N1C[C@@]23C[C@H](c4cccc(F)c4)[C@@H](C[C@@H]2S1(=O)=O)O3. The van der Waals surface area contributed by atoms with Gasteiger partial charge in [-0.3, -0.25) is 0 Å². The van der Waals surface area contributed by atoms with Crippen molar-refractivity contribution >= 4 is 16.1 Å². The van der Waals surface area contributed by atoms with Crippen LogP contribution in [0.4, 0.5) is 9.18 Å². The molecular formula is C18H22FNO5S. The first-order valence-electron chi connectivity index (χ1n) is 8.70. The van der Waals surface area contributed by atoms with Crippen LogP contribution in [0, 0.1) is 5.82 Å². The number of hydrogen-bond donors (Lipinski definition) is 0. The molecule has 0 radical (unpaired) electrons. The zero-order chi connectivity index (χ0) is 18.9. The van der Waals surface area contributed by atoms with Gasteiger partial charge < -0.3 is 9.47 Å². The van der Waals surface area contributed by atoms with E-state index < -0.39 is 32.6 Å². The Bertz CT molecular complexity index is 865. The molecule has 1 aromatic rings. The molecule has 4 rings (SSSR count). The lowest BCUT2D eigenvalue weighted by Gasteiger charge is -2.26. The van der Waals surface area contributed by atoms with E-state index in [1.54, 1.807) is 26.8 Å². The number of ether oxygens (including phenoxy) is 2. The molecule has 1 aromatic carbocycles. The summed E-state index contributed by atoms with van der Waals surface area (Å²) < 4.78 is 51.5. The molecule has 3 saturated heterocycles. The summed E-state index contributed by atoms with van der Waals surface area (Å²) in [4.78, 5) is 12.4. The molecule has 0 aliphatic carbocycles. The maximum atomic E-state index is 13.6. The van der Waals surface area contributed by atoms with Crippen molar-refractivity contribution < 1.29 is 27.1 Å². The predicted molar refractivity (Wildman–Crippen MR) is 91.6 cm³/mol. The molecular weight excluding hydrogens is 361 g/mol. The van der Waals surface area contributed by atoms with Gasteiger partial charge in [0.2, 0.25) is 10.0 Å². The third-order valence-corrected chi connectivity index (χ3v) is 7.62. The van der Waals surface area contributed by atoms with E-state index in [1.165, 1.54) is 12.1 Å². The van der Waals surface area contributed by atoms with Crippen molar-refractivity contribution in [1.29, 1.82) is 0 Å². The highest BCUT2D eigenvalue weighted by atomic mass is 32.2. The van der Waals surface area contributed by atoms with E-state index in [0.717, 1.165) is 9.87 Å². The van der Waals surface area contributed by atoms with Crippen LogP contribution in [0.3, 0.4) is 0 Å². The Morgan fingerprint density at radius 2 is 2.12 bits per heavy atom. The lowest BCUT2D eigenvalue weighted by molar-refractivity contribution is 0.000347. The molecule has 1 spiro atoms. The second kappa shape index (κ2) is 5.42. The highest BCUT2D eigenvalue weighted by molar-refractivity contribution is 7.90. The van der Waals surface area contributed by atoms with Crippen molar-refractivity contribution in [3.05, 3.63) is 35.6 Å². The molecule has 3 fully saturated rings. The van der Waals surface area contributed by atoms with Gasteiger partial charge in [-0.05, 0) is 51.3 Å². The van der Waals surface area contributed by atoms with Gasteiger partial charge in [0.1, 0.15) is 22.3 Å². The van der Waals surface area contributed by atoms with Crippen molar-refractivity contribution in [3.8, 4) is 0 Å². The summed E-state index contributed by atoms with van der Waals surface area (Å²) in [6.45, 7) is 5.02. The Labute approximate surface area is 152 Å². The molecule has 8 heteroatoms. The molecule has 26 heavy (non-hydrogen) atoms. The third kappa shape index (κ3) is 2.62. The van der Waals surface area contributed by atoms with E-state index in [-0.39, 0.29) is 24.4 Å². The molecule has 4 atom stereocenters. The van der Waals surface area contributed by atoms with Crippen LogP contribution in [0.5, 0.6) is 0 Å². The van der Waals surface area contributed by atoms with Crippen molar-refractivity contribution in [3.63, 3.8) is 0 Å². The van der Waals surface area contributed by atoms with Gasteiger partial charge in [-0.25, -0.2) is 21.9 Å². The van der Waals surface area contributed by atoms with Crippen molar-refractivity contribution in [2.24, 2.45) is 0 Å². The average Bonchev–Trinajstić information content (AvgIpc) is 3.12. The maximum absolute atomic E-state index is 13.6. The Kier molecular flexibility index (Phi) is 3.70. The summed E-state index contributed by atoms with van der Waals surface area (Å²) in [6, 6.07) is 6.32. The first-order valence-corrected chi connectivity index (χ1v) is 10.2. The fraction of sp³-hybridized carbons (Fsp3) is 0.611. The largest absolute Gasteiger partial charge is 0.443 e. The summed E-state index contributed by atoms with van der Waals surface area (Å²) in [5.74, 6) is -0.399. The molecule has 0 N–H and O–H groups in total. The first-order chi connectivity index (χ1) is 12.0. The number of amides is 1. The Hall–Kier alpha value is -1.67. The molecule has 0 aromatic heterocycles. The zero-order valence-corrected chi connectivity index (χ0v) is 15.8. The smallest absolute Gasteiger partial charge is 0.424 e. The molecule has 3 aliphatic heterocycles. The van der Waals surface area contributed by atoms with Crippen LogP contribution < -0.4 is 0 Å². The van der Waals surface area contributed by atoms with Crippen LogP contribution in [0.25, 0.3) is 0 Å². The van der Waals surface area contributed by atoms with Crippen LogP contribution in [0.2, 0.25) is 0 Å². The number of carbonyl (C=O) groups is 1. The minimum absolute atomic E-state index is 0.0444. The number of rotatable bonds is 1. The second-order valence-electron chi connectivity index (χ2n) is 8.34. The number of sulfonamides is 1. The van der Waals surface area contributed by atoms with Crippen LogP contribution in [-0.4, -0.2) is 47.9 Å². The summed E-state index contributed by atoms with van der Waals surface area (Å²) >= 11 is 0. The van der Waals surface area contributed by atoms with Crippen molar-refractivity contribution in [2.45, 2.75) is 62.1 Å². The van der Waals surface area contributed by atoms with Crippen LogP contribution >= 0.6 is 0 Å². The van der Waals surface area contributed by atoms with E-state index in [9.17, 15) is 17.6 Å². The van der Waals surface area contributed by atoms with Crippen molar-refractivity contribution in [1.82, 2.24) is 4.31 Å². The molecule has 6 nitrogen and oxygen atoms in total. The van der Waals surface area contributed by atoms with Gasteiger partial charge in [0.15, 0.2) is 0 Å². The van der Waals surface area contributed by atoms with Gasteiger partial charge in [0, 0.05) is 5.92 Å². The monoisotopic (exact) mass is 383 g/mol. The highest BCUT2D eigenvalue weighted by Crippen LogP contribution is 2.57. The maximum Gasteiger partial charge on any atom is 0.424 e. The fourth-order valence-electron chi connectivity index (χ4n) is 4.42. The van der Waals surface area contributed by atoms with Crippen LogP contribution in [0.1, 0.15) is 45.1 Å². The van der Waals surface area contributed by atoms with E-state index in [1.807, 2.05) is 6.07 Å². The number of hydrogen-bond acceptors (Lipinski definition) is 5. The Balaban J connectivity index is 1.61. The molecule has 3 heterocycles. The van der Waals surface area contributed by atoms with Gasteiger partial charge in [-0.15, -0.1) is 0 Å². The van der Waals surface area contributed by atoms with Crippen molar-refractivity contribution in [2.75, 3.05) is 6.54 Å². The molecule has 3 aliphatic rings. The average molecular weight is 383 g/mol. The molecule has 2 bridgehead atoms. The Morgan fingerprint density at radius 3 is 2.77 bits per heavy atom. The number of benzene rings is 1. The number of fused-ring (bicyclic) bond motifs is 1. The normalized spacial score (nSPS) is 34.8. The summed E-state index contributed by atoms with van der Waals surface area (Å²) in [6.07, 6.45) is -0.388. The predicted octanol–water partition coefficient (Wildman–Crippen LogP) is 2.79. The zero-order valence-electron chi connectivity index (χ0n) is 14.9. The topological polar surface area (TPSA) is 72.9 Å². The van der Waals surface area contributed by atoms with E-state index >= 15 is 0 Å². The lowest BCUT2D eigenvalue weighted by atomic mass is 9.77. The number of halogens is 1. The third-order valence-electron chi connectivity index (χ3n) is 5.39. The van der Waals surface area contributed by atoms with Gasteiger partial charge in [-0.1, -0.05) is 12.1 Å². The fourth-order valence-corrected chi connectivity index (χ4v) is 6.57. The van der Waals surface area contributed by atoms with E-state index in [0.29, 0.717) is 12.8 Å². The molecule has 1 amide bonds. The summed E-state index contributed by atoms with van der Waals surface area (Å²) in [5, 5.41) is -0.752. The first kappa shape index (κ1) is 17.7. The van der Waals surface area contributed by atoms with Gasteiger partial charge in [-0.2, -0.15) is 0 Å². The molecule has 0 saturated carbocycles. The van der Waals surface area contributed by atoms with Crippen LogP contribution in [-0.2, 0) is 19.5 Å². The molecule has 142 valence electrons. The highest BCUT2D eigenvalue weighted by Gasteiger charge is 2.69.